The van der Waals surface area contributed by atoms with E-state index in [4.69, 9.17) is 0 Å². The molecule has 0 amide bonds. The highest BCUT2D eigenvalue weighted by Gasteiger charge is 2.22. The van der Waals surface area contributed by atoms with Gasteiger partial charge in [-0.15, -0.1) is 0 Å². The van der Waals surface area contributed by atoms with Crippen LogP contribution in [0.25, 0.3) is 0 Å². The highest BCUT2D eigenvalue weighted by atomic mass is 19.1. The van der Waals surface area contributed by atoms with Gasteiger partial charge in [0.05, 0.1) is 16.7 Å². The molecule has 1 saturated heterocycles. The fourth-order valence-electron chi connectivity index (χ4n) is 3.20. The van der Waals surface area contributed by atoms with Gasteiger partial charge in [-0.25, -0.2) is 8.78 Å². The fourth-order valence-corrected chi connectivity index (χ4v) is 3.20. The average Bonchev–Trinajstić information content (AvgIpc) is 2.58. The number of piperidine rings is 1. The van der Waals surface area contributed by atoms with Crippen LogP contribution < -0.4 is 4.90 Å². The van der Waals surface area contributed by atoms with E-state index >= 15 is 0 Å². The molecule has 0 aromatic heterocycles. The molecule has 1 aliphatic heterocycles. The molecule has 0 saturated carbocycles. The minimum absolute atomic E-state index is 0.234. The molecule has 0 aliphatic carbocycles. The Labute approximate surface area is 138 Å². The van der Waals surface area contributed by atoms with E-state index < -0.39 is 10.7 Å². The largest absolute Gasteiger partial charge is 0.369 e. The van der Waals surface area contributed by atoms with E-state index in [-0.39, 0.29) is 11.5 Å². The Bertz CT molecular complexity index is 726. The Morgan fingerprint density at radius 1 is 1.08 bits per heavy atom. The standard InChI is InChI=1S/C18H18F2N2O2/c19-15-3-1-13(2-4-15)11-14-7-9-21(10-8-14)18-6-5-16(22(23)24)12-17(18)20/h1-6,12,14H,7-11H2. The van der Waals surface area contributed by atoms with Crippen molar-refractivity contribution >= 4 is 11.4 Å². The van der Waals surface area contributed by atoms with E-state index in [1.165, 1.54) is 24.3 Å². The lowest BCUT2D eigenvalue weighted by molar-refractivity contribution is -0.385. The Balaban J connectivity index is 1.60. The van der Waals surface area contributed by atoms with Crippen LogP contribution in [0.1, 0.15) is 18.4 Å². The lowest BCUT2D eigenvalue weighted by Gasteiger charge is -2.33. The van der Waals surface area contributed by atoms with Gasteiger partial charge in [0.15, 0.2) is 5.82 Å². The first-order valence-corrected chi connectivity index (χ1v) is 7.96. The van der Waals surface area contributed by atoms with Gasteiger partial charge in [-0.3, -0.25) is 10.1 Å². The molecule has 24 heavy (non-hydrogen) atoms. The number of halogens is 2. The van der Waals surface area contributed by atoms with Gasteiger partial charge < -0.3 is 4.90 Å². The van der Waals surface area contributed by atoms with Crippen LogP contribution in [0.5, 0.6) is 0 Å². The average molecular weight is 332 g/mol. The van der Waals surface area contributed by atoms with E-state index in [1.807, 2.05) is 4.90 Å². The number of anilines is 1. The Morgan fingerprint density at radius 3 is 2.33 bits per heavy atom. The molecule has 1 aliphatic rings. The van der Waals surface area contributed by atoms with Crippen LogP contribution in [0, 0.1) is 27.7 Å². The van der Waals surface area contributed by atoms with Crippen LogP contribution in [-0.4, -0.2) is 18.0 Å². The van der Waals surface area contributed by atoms with E-state index in [0.29, 0.717) is 24.7 Å². The SMILES string of the molecule is O=[N+]([O-])c1ccc(N2CCC(Cc3ccc(F)cc3)CC2)c(F)c1. The molecule has 0 radical (unpaired) electrons. The van der Waals surface area contributed by atoms with Crippen molar-refractivity contribution in [3.8, 4) is 0 Å². The smallest absolute Gasteiger partial charge is 0.272 e. The molecule has 0 spiro atoms. The van der Waals surface area contributed by atoms with Crippen molar-refractivity contribution in [3.63, 3.8) is 0 Å². The van der Waals surface area contributed by atoms with Crippen molar-refractivity contribution in [2.75, 3.05) is 18.0 Å². The highest BCUT2D eigenvalue weighted by molar-refractivity contribution is 5.52. The summed E-state index contributed by atoms with van der Waals surface area (Å²) in [5, 5.41) is 10.7. The molecule has 0 N–H and O–H groups in total. The van der Waals surface area contributed by atoms with Crippen molar-refractivity contribution in [1.82, 2.24) is 0 Å². The first-order chi connectivity index (χ1) is 11.5. The quantitative estimate of drug-likeness (QED) is 0.618. The first kappa shape index (κ1) is 16.4. The van der Waals surface area contributed by atoms with Crippen LogP contribution in [0.4, 0.5) is 20.2 Å². The maximum Gasteiger partial charge on any atom is 0.272 e. The predicted molar refractivity (Wildman–Crippen MR) is 88.1 cm³/mol. The third-order valence-corrected chi connectivity index (χ3v) is 4.53. The van der Waals surface area contributed by atoms with Gasteiger partial charge in [0.25, 0.3) is 5.69 Å². The van der Waals surface area contributed by atoms with E-state index in [2.05, 4.69) is 0 Å². The van der Waals surface area contributed by atoms with Crippen molar-refractivity contribution in [2.45, 2.75) is 19.3 Å². The summed E-state index contributed by atoms with van der Waals surface area (Å²) in [6.45, 7) is 1.42. The highest BCUT2D eigenvalue weighted by Crippen LogP contribution is 2.29. The molecule has 6 heteroatoms. The van der Waals surface area contributed by atoms with Crippen molar-refractivity contribution < 1.29 is 13.7 Å². The fraction of sp³-hybridized carbons (Fsp3) is 0.333. The molecule has 0 bridgehead atoms. The lowest BCUT2D eigenvalue weighted by Crippen LogP contribution is -2.34. The number of non-ortho nitro benzene ring substituents is 1. The molecule has 1 heterocycles. The normalized spacial score (nSPS) is 15.5. The predicted octanol–water partition coefficient (Wildman–Crippen LogP) is 4.33. The molecule has 2 aromatic rings. The lowest BCUT2D eigenvalue weighted by atomic mass is 9.90. The van der Waals surface area contributed by atoms with E-state index in [0.717, 1.165) is 30.9 Å². The van der Waals surface area contributed by atoms with Crippen molar-refractivity contribution in [3.05, 3.63) is 69.8 Å². The number of rotatable bonds is 4. The van der Waals surface area contributed by atoms with Crippen LogP contribution in [-0.2, 0) is 6.42 Å². The summed E-state index contributed by atoms with van der Waals surface area (Å²) >= 11 is 0. The van der Waals surface area contributed by atoms with Gasteiger partial charge in [-0.1, -0.05) is 12.1 Å². The molecule has 3 rings (SSSR count). The number of nitro groups is 1. The maximum absolute atomic E-state index is 14.1. The Hall–Kier alpha value is -2.50. The molecular weight excluding hydrogens is 314 g/mol. The number of hydrogen-bond acceptors (Lipinski definition) is 3. The monoisotopic (exact) mass is 332 g/mol. The number of nitrogens with zero attached hydrogens (tertiary/aromatic N) is 2. The van der Waals surface area contributed by atoms with Gasteiger partial charge in [-0.2, -0.15) is 0 Å². The molecule has 126 valence electrons. The van der Waals surface area contributed by atoms with Crippen molar-refractivity contribution in [2.24, 2.45) is 5.92 Å². The summed E-state index contributed by atoms with van der Waals surface area (Å²) < 4.78 is 27.0. The molecule has 2 aromatic carbocycles. The van der Waals surface area contributed by atoms with Gasteiger partial charge >= 0.3 is 0 Å². The minimum atomic E-state index is -0.595. The van der Waals surface area contributed by atoms with Gasteiger partial charge in [0, 0.05) is 19.2 Å². The molecule has 0 atom stereocenters. The van der Waals surface area contributed by atoms with E-state index in [9.17, 15) is 18.9 Å². The third-order valence-electron chi connectivity index (χ3n) is 4.53. The second-order valence-electron chi connectivity index (χ2n) is 6.15. The number of hydrogen-bond donors (Lipinski definition) is 0. The van der Waals surface area contributed by atoms with Crippen molar-refractivity contribution in [1.29, 1.82) is 0 Å². The summed E-state index contributed by atoms with van der Waals surface area (Å²) in [6.07, 6.45) is 2.71. The molecule has 4 nitrogen and oxygen atoms in total. The Kier molecular flexibility index (Phi) is 4.74. The summed E-state index contributed by atoms with van der Waals surface area (Å²) in [5.74, 6) is -0.309. The Morgan fingerprint density at radius 2 is 1.75 bits per heavy atom. The minimum Gasteiger partial charge on any atom is -0.369 e. The second-order valence-corrected chi connectivity index (χ2v) is 6.15. The van der Waals surface area contributed by atoms with Crippen LogP contribution in [0.15, 0.2) is 42.5 Å². The van der Waals surface area contributed by atoms with Crippen LogP contribution in [0.3, 0.4) is 0 Å². The number of benzene rings is 2. The maximum atomic E-state index is 14.1. The van der Waals surface area contributed by atoms with Crippen LogP contribution >= 0.6 is 0 Å². The molecular formula is C18H18F2N2O2. The zero-order chi connectivity index (χ0) is 17.1. The summed E-state index contributed by atoms with van der Waals surface area (Å²) in [4.78, 5) is 12.0. The van der Waals surface area contributed by atoms with Gasteiger partial charge in [-0.05, 0) is 48.9 Å². The van der Waals surface area contributed by atoms with Crippen LogP contribution in [0.2, 0.25) is 0 Å². The molecule has 0 unspecified atom stereocenters. The zero-order valence-corrected chi connectivity index (χ0v) is 13.1. The summed E-state index contributed by atoms with van der Waals surface area (Å²) in [7, 11) is 0. The number of nitro benzene ring substituents is 1. The molecule has 1 fully saturated rings. The zero-order valence-electron chi connectivity index (χ0n) is 13.1. The summed E-state index contributed by atoms with van der Waals surface area (Å²) in [5.41, 5.74) is 1.29. The summed E-state index contributed by atoms with van der Waals surface area (Å²) in [6, 6.07) is 10.3. The first-order valence-electron chi connectivity index (χ1n) is 7.96. The second kappa shape index (κ2) is 6.95. The third kappa shape index (κ3) is 3.69. The topological polar surface area (TPSA) is 46.4 Å². The van der Waals surface area contributed by atoms with Gasteiger partial charge in [0.2, 0.25) is 0 Å². The van der Waals surface area contributed by atoms with E-state index in [1.54, 1.807) is 12.1 Å². The van der Waals surface area contributed by atoms with Gasteiger partial charge in [0.1, 0.15) is 5.82 Å².